The predicted molar refractivity (Wildman–Crippen MR) is 77.1 cm³/mol. The number of benzene rings is 1. The number of hydrogen-bond acceptors (Lipinski definition) is 3. The first kappa shape index (κ1) is 14.5. The Morgan fingerprint density at radius 2 is 2.25 bits per heavy atom. The van der Waals surface area contributed by atoms with Crippen molar-refractivity contribution in [1.29, 1.82) is 0 Å². The average Bonchev–Trinajstić information content (AvgIpc) is 2.91. The first-order valence-electron chi connectivity index (χ1n) is 6.81. The van der Waals surface area contributed by atoms with Crippen molar-refractivity contribution in [2.75, 3.05) is 25.5 Å². The van der Waals surface area contributed by atoms with E-state index in [-0.39, 0.29) is 17.9 Å². The van der Waals surface area contributed by atoms with Crippen molar-refractivity contribution >= 4 is 17.5 Å². The molecular weight excluding hydrogens is 256 g/mol. The smallest absolute Gasteiger partial charge is 0.321 e. The predicted octanol–water partition coefficient (Wildman–Crippen LogP) is 2.53. The Morgan fingerprint density at radius 1 is 1.45 bits per heavy atom. The second-order valence-corrected chi connectivity index (χ2v) is 5.08. The van der Waals surface area contributed by atoms with Crippen LogP contribution in [0.3, 0.4) is 0 Å². The lowest BCUT2D eigenvalue weighted by Crippen LogP contribution is -2.37. The van der Waals surface area contributed by atoms with E-state index in [1.165, 1.54) is 6.92 Å². The fraction of sp³-hybridized carbons (Fsp3) is 0.467. The van der Waals surface area contributed by atoms with Crippen LogP contribution < -0.4 is 5.32 Å². The van der Waals surface area contributed by atoms with Gasteiger partial charge in [-0.3, -0.25) is 4.79 Å². The molecular formula is C15H20N2O3. The van der Waals surface area contributed by atoms with E-state index in [0.29, 0.717) is 17.8 Å². The highest BCUT2D eigenvalue weighted by molar-refractivity contribution is 5.96. The summed E-state index contributed by atoms with van der Waals surface area (Å²) in [6.07, 6.45) is 2.19. The van der Waals surface area contributed by atoms with Gasteiger partial charge in [-0.15, -0.1) is 0 Å². The van der Waals surface area contributed by atoms with E-state index >= 15 is 0 Å². The molecule has 1 aromatic carbocycles. The lowest BCUT2D eigenvalue weighted by atomic mass is 10.1. The Morgan fingerprint density at radius 3 is 2.90 bits per heavy atom. The maximum Gasteiger partial charge on any atom is 0.321 e. The van der Waals surface area contributed by atoms with Crippen molar-refractivity contribution in [3.05, 3.63) is 29.8 Å². The molecule has 2 rings (SSSR count). The zero-order chi connectivity index (χ0) is 14.5. The number of Topliss-reactive ketones (excluding diaryl/α,β-unsaturated/α-hetero) is 1. The largest absolute Gasteiger partial charge is 0.376 e. The van der Waals surface area contributed by atoms with Crippen molar-refractivity contribution < 1.29 is 14.3 Å². The van der Waals surface area contributed by atoms with E-state index in [0.717, 1.165) is 19.4 Å². The maximum atomic E-state index is 12.1. The van der Waals surface area contributed by atoms with Crippen LogP contribution in [0.1, 0.15) is 30.1 Å². The van der Waals surface area contributed by atoms with E-state index < -0.39 is 0 Å². The van der Waals surface area contributed by atoms with Gasteiger partial charge in [0.15, 0.2) is 5.78 Å². The van der Waals surface area contributed by atoms with Crippen molar-refractivity contribution in [3.8, 4) is 0 Å². The number of nitrogens with one attached hydrogen (secondary N) is 1. The normalized spacial score (nSPS) is 17.8. The Hall–Kier alpha value is -1.88. The van der Waals surface area contributed by atoms with E-state index in [1.54, 1.807) is 36.2 Å². The molecule has 20 heavy (non-hydrogen) atoms. The third-order valence-corrected chi connectivity index (χ3v) is 3.37. The zero-order valence-electron chi connectivity index (χ0n) is 11.9. The molecule has 0 saturated carbocycles. The summed E-state index contributed by atoms with van der Waals surface area (Å²) in [5.41, 5.74) is 1.21. The Labute approximate surface area is 118 Å². The summed E-state index contributed by atoms with van der Waals surface area (Å²) >= 11 is 0. The highest BCUT2D eigenvalue weighted by Crippen LogP contribution is 2.14. The van der Waals surface area contributed by atoms with Gasteiger partial charge in [0.25, 0.3) is 0 Å². The Kier molecular flexibility index (Phi) is 4.74. The van der Waals surface area contributed by atoms with Gasteiger partial charge in [-0.2, -0.15) is 0 Å². The van der Waals surface area contributed by atoms with Crippen LogP contribution in [-0.2, 0) is 4.74 Å². The molecule has 1 atom stereocenters. The lowest BCUT2D eigenvalue weighted by Gasteiger charge is -2.21. The third kappa shape index (κ3) is 3.81. The Balaban J connectivity index is 1.92. The number of nitrogens with zero attached hydrogens (tertiary/aromatic N) is 1. The number of carbonyl (C=O) groups excluding carboxylic acids is 2. The molecule has 1 aliphatic heterocycles. The molecule has 0 aliphatic carbocycles. The monoisotopic (exact) mass is 276 g/mol. The number of rotatable bonds is 4. The molecule has 0 spiro atoms. The summed E-state index contributed by atoms with van der Waals surface area (Å²) in [4.78, 5) is 25.0. The lowest BCUT2D eigenvalue weighted by molar-refractivity contribution is 0.0894. The van der Waals surface area contributed by atoms with Gasteiger partial charge < -0.3 is 15.0 Å². The number of hydrogen-bond donors (Lipinski definition) is 1. The number of carbonyl (C=O) groups is 2. The highest BCUT2D eigenvalue weighted by atomic mass is 16.5. The summed E-state index contributed by atoms with van der Waals surface area (Å²) in [5.74, 6) is -0.0196. The van der Waals surface area contributed by atoms with E-state index in [9.17, 15) is 9.59 Å². The number of ether oxygens (including phenoxy) is 1. The fourth-order valence-corrected chi connectivity index (χ4v) is 2.21. The third-order valence-electron chi connectivity index (χ3n) is 3.37. The molecule has 2 amide bonds. The molecule has 1 fully saturated rings. The van der Waals surface area contributed by atoms with Crippen LogP contribution in [0.5, 0.6) is 0 Å². The van der Waals surface area contributed by atoms with E-state index in [1.807, 2.05) is 0 Å². The van der Waals surface area contributed by atoms with Crippen LogP contribution in [0.2, 0.25) is 0 Å². The van der Waals surface area contributed by atoms with Gasteiger partial charge >= 0.3 is 6.03 Å². The van der Waals surface area contributed by atoms with Gasteiger partial charge in [-0.1, -0.05) is 12.1 Å². The maximum absolute atomic E-state index is 12.1. The standard InChI is InChI=1S/C15H20N2O3/c1-11(18)12-5-3-6-13(9-12)16-15(19)17(2)10-14-7-4-8-20-14/h3,5-6,9,14H,4,7-8,10H2,1-2H3,(H,16,19). The number of likely N-dealkylation sites (N-methyl/N-ethyl adjacent to an activating group) is 1. The minimum Gasteiger partial charge on any atom is -0.376 e. The highest BCUT2D eigenvalue weighted by Gasteiger charge is 2.20. The average molecular weight is 276 g/mol. The molecule has 5 nitrogen and oxygen atoms in total. The van der Waals surface area contributed by atoms with Crippen LogP contribution in [-0.4, -0.2) is 43.0 Å². The molecule has 1 saturated heterocycles. The molecule has 1 heterocycles. The molecule has 1 N–H and O–H groups in total. The quantitative estimate of drug-likeness (QED) is 0.860. The number of urea groups is 1. The van der Waals surface area contributed by atoms with Crippen molar-refractivity contribution in [2.45, 2.75) is 25.9 Å². The molecule has 0 radical (unpaired) electrons. The van der Waals surface area contributed by atoms with Crippen molar-refractivity contribution in [1.82, 2.24) is 4.90 Å². The zero-order valence-corrected chi connectivity index (χ0v) is 11.9. The van der Waals surface area contributed by atoms with Crippen molar-refractivity contribution in [2.24, 2.45) is 0 Å². The van der Waals surface area contributed by atoms with Gasteiger partial charge in [0.1, 0.15) is 0 Å². The van der Waals surface area contributed by atoms with Gasteiger partial charge in [0, 0.05) is 31.5 Å². The topological polar surface area (TPSA) is 58.6 Å². The Bertz CT molecular complexity index is 496. The van der Waals surface area contributed by atoms with Gasteiger partial charge in [-0.25, -0.2) is 4.79 Å². The second-order valence-electron chi connectivity index (χ2n) is 5.08. The number of anilines is 1. The molecule has 1 unspecified atom stereocenters. The summed E-state index contributed by atoms with van der Waals surface area (Å²) in [7, 11) is 1.74. The number of amides is 2. The molecule has 108 valence electrons. The van der Waals surface area contributed by atoms with Crippen molar-refractivity contribution in [3.63, 3.8) is 0 Å². The first-order valence-corrected chi connectivity index (χ1v) is 6.81. The first-order chi connectivity index (χ1) is 9.56. The summed E-state index contributed by atoms with van der Waals surface area (Å²) in [6, 6.07) is 6.74. The summed E-state index contributed by atoms with van der Waals surface area (Å²) < 4.78 is 5.51. The molecule has 1 aliphatic rings. The fourth-order valence-electron chi connectivity index (χ4n) is 2.21. The summed E-state index contributed by atoms with van der Waals surface area (Å²) in [5, 5.41) is 2.79. The minimum absolute atomic E-state index is 0.0196. The van der Waals surface area contributed by atoms with Crippen LogP contribution >= 0.6 is 0 Å². The van der Waals surface area contributed by atoms with Crippen LogP contribution in [0, 0.1) is 0 Å². The molecule has 0 aromatic heterocycles. The SMILES string of the molecule is CC(=O)c1cccc(NC(=O)N(C)CC2CCCO2)c1. The number of ketones is 1. The second kappa shape index (κ2) is 6.52. The van der Waals surface area contributed by atoms with Crippen LogP contribution in [0.25, 0.3) is 0 Å². The molecule has 0 bridgehead atoms. The molecule has 1 aromatic rings. The summed E-state index contributed by atoms with van der Waals surface area (Å²) in [6.45, 7) is 2.86. The van der Waals surface area contributed by atoms with E-state index in [2.05, 4.69) is 5.32 Å². The van der Waals surface area contributed by atoms with E-state index in [4.69, 9.17) is 4.74 Å². The van der Waals surface area contributed by atoms with Crippen LogP contribution in [0.15, 0.2) is 24.3 Å². The minimum atomic E-state index is -0.193. The van der Waals surface area contributed by atoms with Gasteiger partial charge in [-0.05, 0) is 31.9 Å². The molecule has 5 heteroatoms. The van der Waals surface area contributed by atoms with Crippen LogP contribution in [0.4, 0.5) is 10.5 Å². The van der Waals surface area contributed by atoms with Gasteiger partial charge in [0.2, 0.25) is 0 Å². The van der Waals surface area contributed by atoms with Gasteiger partial charge in [0.05, 0.1) is 6.10 Å².